The number of halogens is 2. The Labute approximate surface area is 147 Å². The first-order valence-electron chi connectivity index (χ1n) is 8.73. The predicted octanol–water partition coefficient (Wildman–Crippen LogP) is 2.12. The van der Waals surface area contributed by atoms with Crippen LogP contribution in [0.3, 0.4) is 0 Å². The van der Waals surface area contributed by atoms with Gasteiger partial charge in [0.2, 0.25) is 0 Å². The second-order valence-corrected chi connectivity index (χ2v) is 6.03. The summed E-state index contributed by atoms with van der Waals surface area (Å²) < 4.78 is 38.0. The van der Waals surface area contributed by atoms with E-state index in [1.54, 1.807) is 7.05 Å². The van der Waals surface area contributed by atoms with E-state index in [2.05, 4.69) is 15.6 Å². The van der Waals surface area contributed by atoms with Gasteiger partial charge in [0.25, 0.3) is 0 Å². The van der Waals surface area contributed by atoms with E-state index >= 15 is 0 Å². The molecule has 140 valence electrons. The smallest absolute Gasteiger partial charge is 0.190 e. The van der Waals surface area contributed by atoms with Crippen LogP contribution >= 0.6 is 0 Å². The Balaban J connectivity index is 1.56. The summed E-state index contributed by atoms with van der Waals surface area (Å²) in [4.78, 5) is 4.09. The third-order valence-electron chi connectivity index (χ3n) is 4.09. The van der Waals surface area contributed by atoms with E-state index in [0.29, 0.717) is 25.0 Å². The van der Waals surface area contributed by atoms with Crippen molar-refractivity contribution in [2.24, 2.45) is 10.9 Å². The summed E-state index contributed by atoms with van der Waals surface area (Å²) in [6.07, 6.45) is 2.19. The molecule has 1 saturated heterocycles. The minimum absolute atomic E-state index is 0.0924. The van der Waals surface area contributed by atoms with E-state index in [0.717, 1.165) is 39.2 Å². The van der Waals surface area contributed by atoms with Gasteiger partial charge in [-0.2, -0.15) is 0 Å². The number of nitrogens with zero attached hydrogens (tertiary/aromatic N) is 1. The van der Waals surface area contributed by atoms with Gasteiger partial charge >= 0.3 is 0 Å². The number of hydrogen-bond acceptors (Lipinski definition) is 3. The Morgan fingerprint density at radius 1 is 1.28 bits per heavy atom. The van der Waals surface area contributed by atoms with Crippen LogP contribution in [0.1, 0.15) is 18.4 Å². The Hall–Kier alpha value is -1.73. The van der Waals surface area contributed by atoms with Crippen LogP contribution in [0.2, 0.25) is 0 Å². The Morgan fingerprint density at radius 2 is 2.04 bits per heavy atom. The summed E-state index contributed by atoms with van der Waals surface area (Å²) in [5, 5.41) is 6.22. The van der Waals surface area contributed by atoms with Crippen LogP contribution in [-0.4, -0.2) is 52.5 Å². The highest BCUT2D eigenvalue weighted by Gasteiger charge is 2.15. The van der Waals surface area contributed by atoms with Crippen molar-refractivity contribution in [3.8, 4) is 0 Å². The maximum Gasteiger partial charge on any atom is 0.190 e. The summed E-state index contributed by atoms with van der Waals surface area (Å²) in [5.41, 5.74) is 0.0924. The standard InChI is InChI=1S/C18H27F2N3O2/c1-21-18(22-8-3-10-24-12-14-7-11-25-13-14)23-9-6-15-16(19)4-2-5-17(15)20/h2,4-5,14H,3,6-13H2,1H3,(H2,21,22,23). The highest BCUT2D eigenvalue weighted by Crippen LogP contribution is 2.12. The minimum atomic E-state index is -0.519. The van der Waals surface area contributed by atoms with E-state index in [4.69, 9.17) is 9.47 Å². The minimum Gasteiger partial charge on any atom is -0.381 e. The van der Waals surface area contributed by atoms with Gasteiger partial charge in [0.1, 0.15) is 11.6 Å². The summed E-state index contributed by atoms with van der Waals surface area (Å²) in [6, 6.07) is 3.90. The lowest BCUT2D eigenvalue weighted by atomic mass is 10.1. The van der Waals surface area contributed by atoms with E-state index in [1.165, 1.54) is 18.2 Å². The van der Waals surface area contributed by atoms with Gasteiger partial charge in [-0.05, 0) is 31.4 Å². The zero-order valence-electron chi connectivity index (χ0n) is 14.7. The zero-order chi connectivity index (χ0) is 17.9. The Bertz CT molecular complexity index is 529. The van der Waals surface area contributed by atoms with Crippen molar-refractivity contribution in [1.82, 2.24) is 10.6 Å². The maximum atomic E-state index is 13.6. The van der Waals surface area contributed by atoms with Crippen LogP contribution in [0.25, 0.3) is 0 Å². The van der Waals surface area contributed by atoms with Gasteiger partial charge in [0, 0.05) is 44.8 Å². The number of nitrogens with one attached hydrogen (secondary N) is 2. The molecular weight excluding hydrogens is 328 g/mol. The van der Waals surface area contributed by atoms with Gasteiger partial charge in [0.15, 0.2) is 5.96 Å². The molecule has 0 aromatic heterocycles. The third-order valence-corrected chi connectivity index (χ3v) is 4.09. The fourth-order valence-corrected chi connectivity index (χ4v) is 2.64. The number of benzene rings is 1. The molecule has 0 amide bonds. The lowest BCUT2D eigenvalue weighted by Crippen LogP contribution is -2.39. The van der Waals surface area contributed by atoms with E-state index < -0.39 is 11.6 Å². The highest BCUT2D eigenvalue weighted by atomic mass is 19.1. The lowest BCUT2D eigenvalue weighted by Gasteiger charge is -2.13. The molecule has 1 aliphatic heterocycles. The third kappa shape index (κ3) is 6.96. The van der Waals surface area contributed by atoms with Crippen molar-refractivity contribution >= 4 is 5.96 Å². The lowest BCUT2D eigenvalue weighted by molar-refractivity contribution is 0.0888. The molecule has 1 aromatic carbocycles. The number of aliphatic imine (C=N–C) groups is 1. The molecule has 1 aromatic rings. The molecule has 0 aliphatic carbocycles. The molecule has 1 unspecified atom stereocenters. The van der Waals surface area contributed by atoms with Crippen molar-refractivity contribution in [3.05, 3.63) is 35.4 Å². The van der Waals surface area contributed by atoms with Gasteiger partial charge in [0.05, 0.1) is 13.2 Å². The quantitative estimate of drug-likeness (QED) is 0.405. The van der Waals surface area contributed by atoms with Crippen LogP contribution in [0.5, 0.6) is 0 Å². The number of rotatable bonds is 9. The first-order chi connectivity index (χ1) is 12.2. The SMILES string of the molecule is CN=C(NCCCOCC1CCOC1)NCCc1c(F)cccc1F. The zero-order valence-corrected chi connectivity index (χ0v) is 14.7. The summed E-state index contributed by atoms with van der Waals surface area (Å²) in [5.74, 6) is 0.103. The normalized spacial score (nSPS) is 17.7. The van der Waals surface area contributed by atoms with Gasteiger partial charge < -0.3 is 20.1 Å². The monoisotopic (exact) mass is 355 g/mol. The number of hydrogen-bond donors (Lipinski definition) is 2. The second kappa shape index (κ2) is 11.0. The van der Waals surface area contributed by atoms with Crippen LogP contribution in [0.15, 0.2) is 23.2 Å². The fraction of sp³-hybridized carbons (Fsp3) is 0.611. The second-order valence-electron chi connectivity index (χ2n) is 6.03. The topological polar surface area (TPSA) is 54.9 Å². The average molecular weight is 355 g/mol. The number of ether oxygens (including phenoxy) is 2. The molecule has 0 radical (unpaired) electrons. The molecule has 25 heavy (non-hydrogen) atoms. The molecule has 7 heteroatoms. The summed E-state index contributed by atoms with van der Waals surface area (Å²) >= 11 is 0. The molecule has 5 nitrogen and oxygen atoms in total. The molecule has 1 heterocycles. The van der Waals surface area contributed by atoms with Gasteiger partial charge in [-0.3, -0.25) is 4.99 Å². The van der Waals surface area contributed by atoms with Crippen molar-refractivity contribution in [1.29, 1.82) is 0 Å². The maximum absolute atomic E-state index is 13.6. The molecule has 0 spiro atoms. The van der Waals surface area contributed by atoms with Crippen LogP contribution in [0.4, 0.5) is 8.78 Å². The Kier molecular flexibility index (Phi) is 8.62. The molecule has 2 rings (SSSR count). The van der Waals surface area contributed by atoms with Crippen LogP contribution < -0.4 is 10.6 Å². The van der Waals surface area contributed by atoms with Crippen LogP contribution in [0, 0.1) is 17.6 Å². The molecule has 1 atom stereocenters. The molecule has 1 aliphatic rings. The van der Waals surface area contributed by atoms with Crippen molar-refractivity contribution in [3.63, 3.8) is 0 Å². The highest BCUT2D eigenvalue weighted by molar-refractivity contribution is 5.79. The van der Waals surface area contributed by atoms with Crippen molar-refractivity contribution in [2.75, 3.05) is 46.6 Å². The van der Waals surface area contributed by atoms with E-state index in [-0.39, 0.29) is 12.0 Å². The van der Waals surface area contributed by atoms with Gasteiger partial charge in [-0.25, -0.2) is 8.78 Å². The predicted molar refractivity (Wildman–Crippen MR) is 93.8 cm³/mol. The van der Waals surface area contributed by atoms with Crippen molar-refractivity contribution in [2.45, 2.75) is 19.3 Å². The van der Waals surface area contributed by atoms with E-state index in [1.807, 2.05) is 0 Å². The largest absolute Gasteiger partial charge is 0.381 e. The van der Waals surface area contributed by atoms with Gasteiger partial charge in [-0.1, -0.05) is 6.07 Å². The first-order valence-corrected chi connectivity index (χ1v) is 8.73. The van der Waals surface area contributed by atoms with Crippen LogP contribution in [-0.2, 0) is 15.9 Å². The first kappa shape index (κ1) is 19.6. The number of guanidine groups is 1. The molecular formula is C18H27F2N3O2. The Morgan fingerprint density at radius 3 is 2.72 bits per heavy atom. The summed E-state index contributed by atoms with van der Waals surface area (Å²) in [6.45, 7) is 4.19. The average Bonchev–Trinajstić information content (AvgIpc) is 3.12. The summed E-state index contributed by atoms with van der Waals surface area (Å²) in [7, 11) is 1.66. The molecule has 0 bridgehead atoms. The molecule has 1 fully saturated rings. The van der Waals surface area contributed by atoms with Crippen molar-refractivity contribution < 1.29 is 18.3 Å². The fourth-order valence-electron chi connectivity index (χ4n) is 2.64. The van der Waals surface area contributed by atoms with E-state index in [9.17, 15) is 8.78 Å². The van der Waals surface area contributed by atoms with Gasteiger partial charge in [-0.15, -0.1) is 0 Å². The molecule has 0 saturated carbocycles. The molecule has 2 N–H and O–H groups in total.